The van der Waals surface area contributed by atoms with E-state index >= 15 is 0 Å². The normalized spacial score (nSPS) is 18.7. The Kier molecular flexibility index (Phi) is 4.21. The predicted octanol–water partition coefficient (Wildman–Crippen LogP) is 1.38. The zero-order chi connectivity index (χ0) is 14.7. The Labute approximate surface area is 126 Å². The van der Waals surface area contributed by atoms with E-state index in [-0.39, 0.29) is 12.0 Å². The van der Waals surface area contributed by atoms with Gasteiger partial charge in [-0.3, -0.25) is 14.8 Å². The van der Waals surface area contributed by atoms with E-state index in [4.69, 9.17) is 4.74 Å². The highest BCUT2D eigenvalue weighted by Gasteiger charge is 2.26. The first kappa shape index (κ1) is 14.1. The molecule has 0 saturated carbocycles. The topological polar surface area (TPSA) is 68.2 Å². The Balaban J connectivity index is 1.64. The Bertz CT molecular complexity index is 616. The lowest BCUT2D eigenvalue weighted by Gasteiger charge is -2.32. The molecule has 1 saturated heterocycles. The quantitative estimate of drug-likeness (QED) is 0.857. The number of thiazole rings is 1. The van der Waals surface area contributed by atoms with Gasteiger partial charge in [-0.25, -0.2) is 4.98 Å². The highest BCUT2D eigenvalue weighted by atomic mass is 32.1. The fourth-order valence-electron chi connectivity index (χ4n) is 2.29. The molecule has 6 nitrogen and oxygen atoms in total. The molecular formula is C14H16N4O2S. The van der Waals surface area contributed by atoms with E-state index in [9.17, 15) is 4.79 Å². The maximum Gasteiger partial charge on any atom is 0.228 e. The number of aromatic nitrogens is 3. The fraction of sp³-hybridized carbons (Fsp3) is 0.429. The molecule has 110 valence electrons. The first-order valence-electron chi connectivity index (χ1n) is 6.78. The van der Waals surface area contributed by atoms with E-state index in [1.807, 2.05) is 17.2 Å². The smallest absolute Gasteiger partial charge is 0.228 e. The van der Waals surface area contributed by atoms with Crippen LogP contribution in [0.3, 0.4) is 0 Å². The number of aryl methyl sites for hydroxylation is 1. The third kappa shape index (κ3) is 3.43. The van der Waals surface area contributed by atoms with Crippen LogP contribution in [0.5, 0.6) is 0 Å². The van der Waals surface area contributed by atoms with E-state index < -0.39 is 0 Å². The average molecular weight is 304 g/mol. The van der Waals surface area contributed by atoms with Crippen molar-refractivity contribution in [3.05, 3.63) is 40.4 Å². The molecule has 1 aliphatic heterocycles. The van der Waals surface area contributed by atoms with Crippen LogP contribution < -0.4 is 0 Å². The Morgan fingerprint density at radius 3 is 3.14 bits per heavy atom. The lowest BCUT2D eigenvalue weighted by molar-refractivity contribution is -0.138. The van der Waals surface area contributed by atoms with E-state index in [0.717, 1.165) is 16.4 Å². The standard InChI is InChI=1S/C14H16N4O2S/c1-10-17-11(9-21-10)6-14(19)18-4-5-20-13(8-18)12-7-15-2-3-16-12/h2-3,7,9,13H,4-6,8H2,1H3/t13-/m0/s1. The van der Waals surface area contributed by atoms with Gasteiger partial charge in [-0.1, -0.05) is 0 Å². The van der Waals surface area contributed by atoms with Crippen LogP contribution in [-0.2, 0) is 16.0 Å². The summed E-state index contributed by atoms with van der Waals surface area (Å²) in [4.78, 5) is 26.8. The van der Waals surface area contributed by atoms with Crippen molar-refractivity contribution in [2.75, 3.05) is 19.7 Å². The van der Waals surface area contributed by atoms with Crippen LogP contribution in [0.15, 0.2) is 24.0 Å². The van der Waals surface area contributed by atoms with Crippen LogP contribution in [0, 0.1) is 6.92 Å². The molecule has 1 amide bonds. The first-order valence-corrected chi connectivity index (χ1v) is 7.66. The second-order valence-corrected chi connectivity index (χ2v) is 5.93. The molecule has 1 fully saturated rings. The molecule has 2 aromatic heterocycles. The second-order valence-electron chi connectivity index (χ2n) is 4.86. The minimum absolute atomic E-state index is 0.0810. The summed E-state index contributed by atoms with van der Waals surface area (Å²) >= 11 is 1.57. The molecule has 1 atom stereocenters. The van der Waals surface area contributed by atoms with Gasteiger partial charge in [0.05, 0.1) is 42.2 Å². The summed E-state index contributed by atoms with van der Waals surface area (Å²) in [5, 5.41) is 2.92. The van der Waals surface area contributed by atoms with Crippen molar-refractivity contribution in [3.63, 3.8) is 0 Å². The summed E-state index contributed by atoms with van der Waals surface area (Å²) in [7, 11) is 0. The molecule has 1 aliphatic rings. The van der Waals surface area contributed by atoms with Crippen molar-refractivity contribution in [1.29, 1.82) is 0 Å². The maximum absolute atomic E-state index is 12.4. The van der Waals surface area contributed by atoms with Crippen molar-refractivity contribution in [3.8, 4) is 0 Å². The minimum Gasteiger partial charge on any atom is -0.368 e. The number of hydrogen-bond donors (Lipinski definition) is 0. The number of carbonyl (C=O) groups is 1. The summed E-state index contributed by atoms with van der Waals surface area (Å²) in [6, 6.07) is 0. The van der Waals surface area contributed by atoms with E-state index in [0.29, 0.717) is 26.1 Å². The number of rotatable bonds is 3. The van der Waals surface area contributed by atoms with Crippen LogP contribution >= 0.6 is 11.3 Å². The largest absolute Gasteiger partial charge is 0.368 e. The first-order chi connectivity index (χ1) is 10.2. The lowest BCUT2D eigenvalue weighted by atomic mass is 10.2. The molecule has 2 aromatic rings. The van der Waals surface area contributed by atoms with Crippen molar-refractivity contribution >= 4 is 17.2 Å². The Hall–Kier alpha value is -1.86. The summed E-state index contributed by atoms with van der Waals surface area (Å²) in [5.41, 5.74) is 1.60. The van der Waals surface area contributed by atoms with E-state index in [1.54, 1.807) is 29.9 Å². The molecule has 3 rings (SSSR count). The zero-order valence-corrected chi connectivity index (χ0v) is 12.5. The number of carbonyl (C=O) groups excluding carboxylic acids is 1. The zero-order valence-electron chi connectivity index (χ0n) is 11.7. The third-order valence-electron chi connectivity index (χ3n) is 3.33. The average Bonchev–Trinajstić information content (AvgIpc) is 2.93. The number of nitrogens with zero attached hydrogens (tertiary/aromatic N) is 4. The highest BCUT2D eigenvalue weighted by Crippen LogP contribution is 2.20. The molecule has 0 radical (unpaired) electrons. The van der Waals surface area contributed by atoms with Gasteiger partial charge in [0.2, 0.25) is 5.91 Å². The van der Waals surface area contributed by atoms with Gasteiger partial charge in [-0.05, 0) is 6.92 Å². The number of morpholine rings is 1. The molecule has 7 heteroatoms. The summed E-state index contributed by atoms with van der Waals surface area (Å²) < 4.78 is 5.69. The van der Waals surface area contributed by atoms with Gasteiger partial charge in [-0.2, -0.15) is 0 Å². The van der Waals surface area contributed by atoms with Crippen molar-refractivity contribution in [2.45, 2.75) is 19.4 Å². The van der Waals surface area contributed by atoms with Crippen molar-refractivity contribution < 1.29 is 9.53 Å². The van der Waals surface area contributed by atoms with Crippen LogP contribution in [0.2, 0.25) is 0 Å². The van der Waals surface area contributed by atoms with Crippen LogP contribution in [0.4, 0.5) is 0 Å². The fourth-order valence-corrected chi connectivity index (χ4v) is 2.90. The number of amides is 1. The monoisotopic (exact) mass is 304 g/mol. The summed E-state index contributed by atoms with van der Waals surface area (Å²) in [6.07, 6.45) is 5.09. The van der Waals surface area contributed by atoms with Gasteiger partial charge >= 0.3 is 0 Å². The predicted molar refractivity (Wildman–Crippen MR) is 77.9 cm³/mol. The SMILES string of the molecule is Cc1nc(CC(=O)N2CCO[C@H](c3cnccn3)C2)cs1. The summed E-state index contributed by atoms with van der Waals surface area (Å²) in [6.45, 7) is 3.58. The Morgan fingerprint density at radius 1 is 1.52 bits per heavy atom. The molecule has 3 heterocycles. The Morgan fingerprint density at radius 2 is 2.43 bits per heavy atom. The maximum atomic E-state index is 12.4. The van der Waals surface area contributed by atoms with Crippen LogP contribution in [0.25, 0.3) is 0 Å². The molecule has 0 bridgehead atoms. The van der Waals surface area contributed by atoms with E-state index in [1.165, 1.54) is 0 Å². The van der Waals surface area contributed by atoms with Crippen molar-refractivity contribution in [2.24, 2.45) is 0 Å². The summed E-state index contributed by atoms with van der Waals surface area (Å²) in [5.74, 6) is 0.0810. The molecule has 0 aliphatic carbocycles. The highest BCUT2D eigenvalue weighted by molar-refractivity contribution is 7.09. The van der Waals surface area contributed by atoms with Crippen LogP contribution in [0.1, 0.15) is 22.5 Å². The second kappa shape index (κ2) is 6.28. The third-order valence-corrected chi connectivity index (χ3v) is 4.15. The molecular weight excluding hydrogens is 288 g/mol. The number of hydrogen-bond acceptors (Lipinski definition) is 6. The lowest BCUT2D eigenvalue weighted by Crippen LogP contribution is -2.43. The molecule has 0 spiro atoms. The molecule has 0 unspecified atom stereocenters. The van der Waals surface area contributed by atoms with Gasteiger partial charge in [-0.15, -0.1) is 11.3 Å². The van der Waals surface area contributed by atoms with Gasteiger partial charge in [0.1, 0.15) is 6.10 Å². The van der Waals surface area contributed by atoms with Crippen LogP contribution in [-0.4, -0.2) is 45.5 Å². The minimum atomic E-state index is -0.200. The number of ether oxygens (including phenoxy) is 1. The van der Waals surface area contributed by atoms with Gasteiger partial charge in [0.15, 0.2) is 0 Å². The molecule has 0 N–H and O–H groups in total. The molecule has 0 aromatic carbocycles. The van der Waals surface area contributed by atoms with Gasteiger partial charge in [0.25, 0.3) is 0 Å². The van der Waals surface area contributed by atoms with Crippen molar-refractivity contribution in [1.82, 2.24) is 19.9 Å². The van der Waals surface area contributed by atoms with Gasteiger partial charge < -0.3 is 9.64 Å². The van der Waals surface area contributed by atoms with Gasteiger partial charge in [0, 0.05) is 24.3 Å². The molecule has 21 heavy (non-hydrogen) atoms. The van der Waals surface area contributed by atoms with E-state index in [2.05, 4.69) is 15.0 Å².